The molecule has 0 aromatic carbocycles. The molecule has 7 nitrogen and oxygen atoms in total. The topological polar surface area (TPSA) is 107 Å². The van der Waals surface area contributed by atoms with Crippen LogP contribution in [0.15, 0.2) is 0 Å². The molecule has 17 heavy (non-hydrogen) atoms. The molecule has 0 saturated heterocycles. The zero-order valence-electron chi connectivity index (χ0n) is 9.09. The van der Waals surface area contributed by atoms with Gasteiger partial charge in [0.2, 0.25) is 0 Å². The second kappa shape index (κ2) is 98.8. The first-order chi connectivity index (χ1) is 7.35. The summed E-state index contributed by atoms with van der Waals surface area (Å²) in [6.07, 6.45) is 0. The van der Waals surface area contributed by atoms with Crippen LogP contribution in [0.25, 0.3) is 0 Å². The second-order valence-corrected chi connectivity index (χ2v) is 2.31. The van der Waals surface area contributed by atoms with E-state index in [9.17, 15) is 0 Å². The van der Waals surface area contributed by atoms with Gasteiger partial charge in [0.1, 0.15) is 0 Å². The predicted molar refractivity (Wildman–Crippen MR) is 43.7 cm³/mol. The van der Waals surface area contributed by atoms with Gasteiger partial charge < -0.3 is 26.0 Å². The molecule has 0 unspecified atom stereocenters. The Balaban J connectivity index is -0.0000000173. The van der Waals surface area contributed by atoms with Crippen LogP contribution in [0.5, 0.6) is 0 Å². The van der Waals surface area contributed by atoms with E-state index in [0.29, 0.717) is 0 Å². The van der Waals surface area contributed by atoms with E-state index >= 15 is 0 Å². The summed E-state index contributed by atoms with van der Waals surface area (Å²) in [5, 5.41) is 0. The van der Waals surface area contributed by atoms with Gasteiger partial charge >= 0.3 is 53.8 Å². The van der Waals surface area contributed by atoms with E-state index in [1.807, 2.05) is 0 Å². The Kier molecular flexibility index (Phi) is 252. The molecule has 0 amide bonds. The minimum atomic E-state index is -1.05. The largest absolute Gasteiger partial charge is 1.00 e. The Hall–Kier alpha value is 0.0925. The molecule has 0 rings (SSSR count). The average Bonchev–Trinajstić information content (AvgIpc) is 2.41. The van der Waals surface area contributed by atoms with E-state index in [1.165, 1.54) is 0 Å². The number of hydrogen-bond donors (Lipinski definition) is 0. The van der Waals surface area contributed by atoms with Crippen LogP contribution in [0.3, 0.4) is 0 Å². The minimum Gasteiger partial charge on any atom is -1.00 e. The van der Waals surface area contributed by atoms with E-state index in [1.54, 1.807) is 21.3 Å². The monoisotopic (exact) mass is 323 g/mol. The summed E-state index contributed by atoms with van der Waals surface area (Å²) in [6, 6.07) is 0. The van der Waals surface area contributed by atoms with Crippen molar-refractivity contribution in [3.63, 3.8) is 0 Å². The third kappa shape index (κ3) is 86.1. The zero-order valence-corrected chi connectivity index (χ0v) is 12.0. The van der Waals surface area contributed by atoms with E-state index in [-0.39, 0.29) is 29.8 Å². The SMILES string of the molecule is COP(OC)OC.[C-]#[O+].[C-]#[O+].[C-]#[O+].[C-]#[O+].[Cl-].[Cr]. The van der Waals surface area contributed by atoms with Gasteiger partial charge in [-0.1, -0.05) is 0 Å². The van der Waals surface area contributed by atoms with E-state index in [0.717, 1.165) is 0 Å². The van der Waals surface area contributed by atoms with Crippen LogP contribution in [0.4, 0.5) is 0 Å². The molecule has 0 bridgehead atoms. The van der Waals surface area contributed by atoms with Crippen molar-refractivity contribution in [1.82, 2.24) is 0 Å². The molecule has 0 atom stereocenters. The molecule has 0 saturated carbocycles. The number of hydrogen-bond acceptors (Lipinski definition) is 3. The fourth-order valence-corrected chi connectivity index (χ4v) is 0.671. The maximum Gasteiger partial charge on any atom is 0 e. The van der Waals surface area contributed by atoms with Crippen molar-refractivity contribution in [2.75, 3.05) is 21.3 Å². The first kappa shape index (κ1) is 43.5. The van der Waals surface area contributed by atoms with Crippen molar-refractivity contribution in [3.05, 3.63) is 26.6 Å². The first-order valence-electron chi connectivity index (χ1n) is 2.59. The summed E-state index contributed by atoms with van der Waals surface area (Å²) in [5.74, 6) is 0. The number of rotatable bonds is 3. The Labute approximate surface area is 119 Å². The molecule has 0 aliphatic rings. The van der Waals surface area contributed by atoms with Crippen LogP contribution in [0.2, 0.25) is 0 Å². The third-order valence-corrected chi connectivity index (χ3v) is 1.34. The summed E-state index contributed by atoms with van der Waals surface area (Å²) < 4.78 is 44.0. The fraction of sp³-hybridized carbons (Fsp3) is 0.429. The number of halogens is 1. The standard InChI is InChI=1S/C3H9O3P.4CO.ClH.Cr/c1-4-7(5-2)6-3;4*1-2;;/h1-3H3;;;;;1H;/p-1. The third-order valence-electron chi connectivity index (χ3n) is 0.447. The molecule has 0 spiro atoms. The van der Waals surface area contributed by atoms with Gasteiger partial charge in [0.25, 0.3) is 0 Å². The van der Waals surface area contributed by atoms with E-state index in [4.69, 9.17) is 18.6 Å². The summed E-state index contributed by atoms with van der Waals surface area (Å²) in [6.45, 7) is 18.0. The summed E-state index contributed by atoms with van der Waals surface area (Å²) in [4.78, 5) is 0. The molecule has 0 fully saturated rings. The molecule has 0 N–H and O–H groups in total. The van der Waals surface area contributed by atoms with Crippen LogP contribution in [-0.2, 0) is 49.5 Å². The molecule has 98 valence electrons. The van der Waals surface area contributed by atoms with Gasteiger partial charge in [-0.2, -0.15) is 0 Å². The maximum atomic E-state index is 7.50. The first-order valence-corrected chi connectivity index (χ1v) is 3.68. The van der Waals surface area contributed by atoms with Crippen LogP contribution < -0.4 is 12.4 Å². The minimum absolute atomic E-state index is 0. The molecule has 0 radical (unpaired) electrons. The van der Waals surface area contributed by atoms with Crippen molar-refractivity contribution in [2.24, 2.45) is 0 Å². The molecular formula is C7H9ClCrO7P-. The molecule has 10 heteroatoms. The zero-order chi connectivity index (χ0) is 13.7. The van der Waals surface area contributed by atoms with Crippen molar-refractivity contribution in [2.45, 2.75) is 0 Å². The van der Waals surface area contributed by atoms with E-state index < -0.39 is 8.60 Å². The van der Waals surface area contributed by atoms with Gasteiger partial charge in [-0.25, -0.2) is 0 Å². The summed E-state index contributed by atoms with van der Waals surface area (Å²) >= 11 is 0. The van der Waals surface area contributed by atoms with Crippen molar-refractivity contribution < 1.29 is 61.9 Å². The van der Waals surface area contributed by atoms with Crippen LogP contribution in [0, 0.1) is 26.6 Å². The van der Waals surface area contributed by atoms with Gasteiger partial charge in [-0.05, 0) is 0 Å². The molecule has 0 aromatic heterocycles. The Morgan fingerprint density at radius 1 is 0.647 bits per heavy atom. The summed E-state index contributed by atoms with van der Waals surface area (Å²) in [5.41, 5.74) is 0. The average molecular weight is 324 g/mol. The van der Waals surface area contributed by atoms with Gasteiger partial charge in [0.15, 0.2) is 0 Å². The molecule has 0 aliphatic carbocycles. The van der Waals surface area contributed by atoms with Crippen molar-refractivity contribution in [3.8, 4) is 0 Å². The van der Waals surface area contributed by atoms with Crippen LogP contribution >= 0.6 is 8.60 Å². The molecular weight excluding hydrogens is 314 g/mol. The normalized spacial score (nSPS) is 4.71. The van der Waals surface area contributed by atoms with Crippen molar-refractivity contribution >= 4 is 8.60 Å². The van der Waals surface area contributed by atoms with Crippen molar-refractivity contribution in [1.29, 1.82) is 0 Å². The Bertz CT molecular complexity index is 128. The Morgan fingerprint density at radius 3 is 0.765 bits per heavy atom. The molecule has 0 heterocycles. The molecule has 0 aromatic rings. The smallest absolute Gasteiger partial charge is 0 e. The quantitative estimate of drug-likeness (QED) is 0.340. The van der Waals surface area contributed by atoms with Gasteiger partial charge in [-0.3, -0.25) is 0 Å². The summed E-state index contributed by atoms with van der Waals surface area (Å²) in [7, 11) is 3.57. The molecule has 0 aliphatic heterocycles. The van der Waals surface area contributed by atoms with Gasteiger partial charge in [0.05, 0.1) is 0 Å². The predicted octanol–water partition coefficient (Wildman–Crippen LogP) is -2.00. The van der Waals surface area contributed by atoms with Gasteiger partial charge in [0, 0.05) is 38.7 Å². The fourth-order valence-electron chi connectivity index (χ4n) is 0.224. The van der Waals surface area contributed by atoms with Crippen LogP contribution in [-0.4, -0.2) is 21.3 Å². The van der Waals surface area contributed by atoms with E-state index in [2.05, 4.69) is 40.2 Å². The van der Waals surface area contributed by atoms with Crippen LogP contribution in [0.1, 0.15) is 0 Å². The van der Waals surface area contributed by atoms with Gasteiger partial charge in [-0.15, -0.1) is 0 Å². The maximum absolute atomic E-state index is 7.50. The Morgan fingerprint density at radius 2 is 0.765 bits per heavy atom. The second-order valence-electron chi connectivity index (χ2n) is 0.771.